The quantitative estimate of drug-likeness (QED) is 0.838. The Balaban J connectivity index is 1.82. The molecule has 1 aliphatic heterocycles. The number of nitrogens with one attached hydrogen (secondary N) is 1. The summed E-state index contributed by atoms with van der Waals surface area (Å²) in [7, 11) is 0. The molecule has 0 saturated heterocycles. The van der Waals surface area contributed by atoms with Gasteiger partial charge in [0.05, 0.1) is 5.69 Å². The Morgan fingerprint density at radius 1 is 1.29 bits per heavy atom. The second-order valence-corrected chi connectivity index (χ2v) is 5.55. The summed E-state index contributed by atoms with van der Waals surface area (Å²) in [5.74, 6) is 0.455. The molecule has 0 aromatic heterocycles. The van der Waals surface area contributed by atoms with Crippen LogP contribution in [0.15, 0.2) is 36.4 Å². The number of ether oxygens (including phenoxy) is 1. The number of rotatable bonds is 2. The van der Waals surface area contributed by atoms with Crippen LogP contribution in [0.3, 0.4) is 0 Å². The van der Waals surface area contributed by atoms with Gasteiger partial charge in [-0.3, -0.25) is 4.79 Å². The Bertz CT molecular complexity index is 715. The molecule has 21 heavy (non-hydrogen) atoms. The van der Waals surface area contributed by atoms with Gasteiger partial charge in [0.25, 0.3) is 5.91 Å². The molecule has 1 unspecified atom stereocenters. The number of nitrogen functional groups attached to an aromatic ring is 1. The minimum atomic E-state index is -0.570. The van der Waals surface area contributed by atoms with Crippen LogP contribution in [0.5, 0.6) is 5.75 Å². The average molecular weight is 303 g/mol. The van der Waals surface area contributed by atoms with Gasteiger partial charge in [-0.2, -0.15) is 0 Å². The van der Waals surface area contributed by atoms with Crippen LogP contribution in [0.1, 0.15) is 11.1 Å². The molecule has 1 heterocycles. The third-order valence-electron chi connectivity index (χ3n) is 3.48. The van der Waals surface area contributed by atoms with Crippen molar-refractivity contribution < 1.29 is 9.53 Å². The monoisotopic (exact) mass is 302 g/mol. The van der Waals surface area contributed by atoms with Crippen LogP contribution >= 0.6 is 11.6 Å². The van der Waals surface area contributed by atoms with Crippen LogP contribution in [0.2, 0.25) is 5.02 Å². The Labute approximate surface area is 127 Å². The Morgan fingerprint density at radius 2 is 2.10 bits per heavy atom. The summed E-state index contributed by atoms with van der Waals surface area (Å²) in [5.41, 5.74) is 8.86. The maximum Gasteiger partial charge on any atom is 0.265 e. The summed E-state index contributed by atoms with van der Waals surface area (Å²) >= 11 is 6.11. The number of hydrogen-bond donors (Lipinski definition) is 2. The fraction of sp³-hybridized carbons (Fsp3) is 0.188. The number of carbonyl (C=O) groups excluding carboxylic acids is 1. The molecule has 108 valence electrons. The van der Waals surface area contributed by atoms with E-state index in [4.69, 9.17) is 22.1 Å². The molecule has 1 aliphatic rings. The van der Waals surface area contributed by atoms with Gasteiger partial charge in [-0.05, 0) is 42.3 Å². The van der Waals surface area contributed by atoms with E-state index in [-0.39, 0.29) is 5.91 Å². The third-order valence-corrected chi connectivity index (χ3v) is 3.89. The molecule has 0 aliphatic carbocycles. The highest BCUT2D eigenvalue weighted by molar-refractivity contribution is 6.31. The third kappa shape index (κ3) is 2.81. The normalized spacial score (nSPS) is 16.9. The van der Waals surface area contributed by atoms with Gasteiger partial charge in [-0.15, -0.1) is 0 Å². The molecule has 0 radical (unpaired) electrons. The van der Waals surface area contributed by atoms with E-state index in [1.54, 1.807) is 18.2 Å². The van der Waals surface area contributed by atoms with E-state index in [1.807, 2.05) is 25.1 Å². The maximum absolute atomic E-state index is 12.1. The van der Waals surface area contributed by atoms with Crippen molar-refractivity contribution in [2.75, 3.05) is 11.1 Å². The fourth-order valence-electron chi connectivity index (χ4n) is 2.28. The van der Waals surface area contributed by atoms with Gasteiger partial charge in [0.2, 0.25) is 0 Å². The molecule has 5 heteroatoms. The molecule has 3 rings (SSSR count). The van der Waals surface area contributed by atoms with Crippen molar-refractivity contribution in [3.05, 3.63) is 52.5 Å². The summed E-state index contributed by atoms with van der Waals surface area (Å²) in [6.07, 6.45) is -0.102. The van der Waals surface area contributed by atoms with E-state index >= 15 is 0 Å². The van der Waals surface area contributed by atoms with Crippen molar-refractivity contribution in [1.29, 1.82) is 0 Å². The number of hydrogen-bond acceptors (Lipinski definition) is 3. The zero-order chi connectivity index (χ0) is 15.0. The number of amides is 1. The zero-order valence-corrected chi connectivity index (χ0v) is 12.3. The zero-order valence-electron chi connectivity index (χ0n) is 11.5. The van der Waals surface area contributed by atoms with Crippen LogP contribution in [0.4, 0.5) is 11.4 Å². The molecule has 1 atom stereocenters. The van der Waals surface area contributed by atoms with E-state index in [0.717, 1.165) is 11.1 Å². The summed E-state index contributed by atoms with van der Waals surface area (Å²) < 4.78 is 5.76. The molecule has 0 bridgehead atoms. The molecular weight excluding hydrogens is 288 g/mol. The first-order chi connectivity index (χ1) is 10.0. The highest BCUT2D eigenvalue weighted by Crippen LogP contribution is 2.32. The van der Waals surface area contributed by atoms with Gasteiger partial charge >= 0.3 is 0 Å². The minimum Gasteiger partial charge on any atom is -0.478 e. The highest BCUT2D eigenvalue weighted by Gasteiger charge is 2.27. The molecule has 3 N–H and O–H groups in total. The number of halogens is 1. The van der Waals surface area contributed by atoms with E-state index in [1.165, 1.54) is 0 Å². The smallest absolute Gasteiger partial charge is 0.265 e. The van der Waals surface area contributed by atoms with Crippen molar-refractivity contribution in [3.63, 3.8) is 0 Å². The van der Waals surface area contributed by atoms with E-state index in [9.17, 15) is 4.79 Å². The lowest BCUT2D eigenvalue weighted by Gasteiger charge is -2.26. The molecule has 0 fully saturated rings. The van der Waals surface area contributed by atoms with Crippen molar-refractivity contribution >= 4 is 28.9 Å². The van der Waals surface area contributed by atoms with Gasteiger partial charge in [-0.1, -0.05) is 23.7 Å². The van der Waals surface area contributed by atoms with Crippen LogP contribution in [-0.2, 0) is 11.2 Å². The van der Waals surface area contributed by atoms with E-state index < -0.39 is 6.10 Å². The first-order valence-electron chi connectivity index (χ1n) is 6.65. The maximum atomic E-state index is 12.1. The molecule has 2 aromatic carbocycles. The largest absolute Gasteiger partial charge is 0.478 e. The van der Waals surface area contributed by atoms with Gasteiger partial charge in [0.1, 0.15) is 5.75 Å². The summed E-state index contributed by atoms with van der Waals surface area (Å²) in [6, 6.07) is 11.0. The van der Waals surface area contributed by atoms with Gasteiger partial charge < -0.3 is 15.8 Å². The van der Waals surface area contributed by atoms with Crippen LogP contribution in [0.25, 0.3) is 0 Å². The number of carbonyl (C=O) groups is 1. The Hall–Kier alpha value is -2.20. The molecule has 2 aromatic rings. The van der Waals surface area contributed by atoms with E-state index in [0.29, 0.717) is 28.6 Å². The minimum absolute atomic E-state index is 0.176. The van der Waals surface area contributed by atoms with Gasteiger partial charge in [-0.25, -0.2) is 0 Å². The standard InChI is InChI=1S/C16H15ClN2O2/c1-9-2-3-10(6-12(9)17)7-15-16(20)19-13-8-11(18)4-5-14(13)21-15/h2-6,8,15H,7,18H2,1H3,(H,19,20). The number of fused-ring (bicyclic) bond motifs is 1. The average Bonchev–Trinajstić information content (AvgIpc) is 2.44. The molecule has 0 spiro atoms. The van der Waals surface area contributed by atoms with Gasteiger partial charge in [0, 0.05) is 17.1 Å². The lowest BCUT2D eigenvalue weighted by Crippen LogP contribution is -2.38. The van der Waals surface area contributed by atoms with Gasteiger partial charge in [0.15, 0.2) is 6.10 Å². The molecular formula is C16H15ClN2O2. The highest BCUT2D eigenvalue weighted by atomic mass is 35.5. The van der Waals surface area contributed by atoms with E-state index in [2.05, 4.69) is 5.32 Å². The van der Waals surface area contributed by atoms with Crippen LogP contribution < -0.4 is 15.8 Å². The van der Waals surface area contributed by atoms with Crippen molar-refractivity contribution in [2.24, 2.45) is 0 Å². The number of anilines is 2. The lowest BCUT2D eigenvalue weighted by molar-refractivity contribution is -0.123. The first-order valence-corrected chi connectivity index (χ1v) is 7.03. The second kappa shape index (κ2) is 5.30. The van der Waals surface area contributed by atoms with Crippen molar-refractivity contribution in [3.8, 4) is 5.75 Å². The van der Waals surface area contributed by atoms with Crippen molar-refractivity contribution in [2.45, 2.75) is 19.4 Å². The lowest BCUT2D eigenvalue weighted by atomic mass is 10.0. The second-order valence-electron chi connectivity index (χ2n) is 5.14. The van der Waals surface area contributed by atoms with Crippen LogP contribution in [-0.4, -0.2) is 12.0 Å². The molecule has 4 nitrogen and oxygen atoms in total. The van der Waals surface area contributed by atoms with Crippen LogP contribution in [0, 0.1) is 6.92 Å². The number of nitrogens with two attached hydrogens (primary N) is 1. The number of aryl methyl sites for hydroxylation is 1. The summed E-state index contributed by atoms with van der Waals surface area (Å²) in [5, 5.41) is 3.51. The Kier molecular flexibility index (Phi) is 3.47. The number of benzene rings is 2. The predicted molar refractivity (Wildman–Crippen MR) is 83.8 cm³/mol. The summed E-state index contributed by atoms with van der Waals surface area (Å²) in [6.45, 7) is 1.94. The molecule has 0 saturated carbocycles. The summed E-state index contributed by atoms with van der Waals surface area (Å²) in [4.78, 5) is 12.1. The molecule has 1 amide bonds. The fourth-order valence-corrected chi connectivity index (χ4v) is 2.48. The predicted octanol–water partition coefficient (Wildman–Crippen LogP) is 3.17. The topological polar surface area (TPSA) is 64.3 Å². The Morgan fingerprint density at radius 3 is 2.86 bits per heavy atom. The SMILES string of the molecule is Cc1ccc(CC2Oc3ccc(N)cc3NC2=O)cc1Cl. The van der Waals surface area contributed by atoms with Crippen molar-refractivity contribution in [1.82, 2.24) is 0 Å². The first kappa shape index (κ1) is 13.8.